The van der Waals surface area contributed by atoms with Crippen LogP contribution in [0.4, 0.5) is 0 Å². The Morgan fingerprint density at radius 3 is 2.07 bits per heavy atom. The van der Waals surface area contributed by atoms with Crippen molar-refractivity contribution in [3.05, 3.63) is 71.8 Å². The largest absolute Gasteiger partial charge is 0.369 e. The lowest BCUT2D eigenvalue weighted by Gasteiger charge is -2.37. The normalized spacial score (nSPS) is 22.7. The van der Waals surface area contributed by atoms with Crippen molar-refractivity contribution in [2.75, 3.05) is 20.1 Å². The van der Waals surface area contributed by atoms with Crippen LogP contribution in [-0.4, -0.2) is 47.4 Å². The van der Waals surface area contributed by atoms with Gasteiger partial charge in [-0.2, -0.15) is 0 Å². The highest BCUT2D eigenvalue weighted by atomic mass is 16.1. The molecule has 1 amide bonds. The lowest BCUT2D eigenvalue weighted by Crippen LogP contribution is -2.48. The molecule has 2 aliphatic rings. The monoisotopic (exact) mass is 376 g/mol. The third kappa shape index (κ3) is 2.92. The Morgan fingerprint density at radius 2 is 1.61 bits per heavy atom. The summed E-state index contributed by atoms with van der Waals surface area (Å²) >= 11 is 0. The number of rotatable bonds is 5. The molecule has 1 saturated carbocycles. The molecule has 4 heteroatoms. The molecule has 2 atom stereocenters. The van der Waals surface area contributed by atoms with E-state index in [1.54, 1.807) is 0 Å². The van der Waals surface area contributed by atoms with Gasteiger partial charge < -0.3 is 5.73 Å². The van der Waals surface area contributed by atoms with Gasteiger partial charge in [-0.1, -0.05) is 60.7 Å². The lowest BCUT2D eigenvalue weighted by molar-refractivity contribution is -0.487. The maximum Gasteiger partial charge on any atom is 0.243 e. The SMILES string of the molecule is CC1=[N+](C)CCN1[C@H]1CC[C@@H](C(C(N)=O)(c2ccccc2)c2ccccc2)C1. The fraction of sp³-hybridized carbons (Fsp3) is 0.417. The summed E-state index contributed by atoms with van der Waals surface area (Å²) in [7, 11) is 2.16. The molecule has 0 unspecified atom stereocenters. The molecule has 1 fully saturated rings. The van der Waals surface area contributed by atoms with E-state index in [-0.39, 0.29) is 11.8 Å². The number of carbonyl (C=O) groups is 1. The summed E-state index contributed by atoms with van der Waals surface area (Å²) < 4.78 is 2.32. The molecule has 146 valence electrons. The topological polar surface area (TPSA) is 49.3 Å². The van der Waals surface area contributed by atoms with Crippen LogP contribution in [0.25, 0.3) is 0 Å². The van der Waals surface area contributed by atoms with Gasteiger partial charge in [-0.05, 0) is 36.3 Å². The summed E-state index contributed by atoms with van der Waals surface area (Å²) in [5.74, 6) is 1.29. The number of hydrogen-bond donors (Lipinski definition) is 1. The maximum atomic E-state index is 13.1. The fourth-order valence-corrected chi connectivity index (χ4v) is 5.41. The molecular weight excluding hydrogens is 346 g/mol. The quantitative estimate of drug-likeness (QED) is 0.816. The first-order valence-corrected chi connectivity index (χ1v) is 10.3. The van der Waals surface area contributed by atoms with Crippen LogP contribution in [0.15, 0.2) is 60.7 Å². The van der Waals surface area contributed by atoms with Crippen molar-refractivity contribution in [3.8, 4) is 0 Å². The minimum Gasteiger partial charge on any atom is -0.369 e. The van der Waals surface area contributed by atoms with E-state index in [2.05, 4.69) is 47.7 Å². The molecule has 1 heterocycles. The minimum atomic E-state index is -0.781. The number of likely N-dealkylation sites (N-methyl/N-ethyl adjacent to an activating group) is 1. The molecule has 2 N–H and O–H groups in total. The van der Waals surface area contributed by atoms with Crippen molar-refractivity contribution < 1.29 is 9.37 Å². The van der Waals surface area contributed by atoms with Crippen LogP contribution < -0.4 is 5.73 Å². The van der Waals surface area contributed by atoms with Crippen LogP contribution in [0.2, 0.25) is 0 Å². The second-order valence-corrected chi connectivity index (χ2v) is 8.23. The number of amides is 1. The van der Waals surface area contributed by atoms with Crippen molar-refractivity contribution in [2.24, 2.45) is 11.7 Å². The molecule has 4 rings (SSSR count). The van der Waals surface area contributed by atoms with E-state index in [1.165, 1.54) is 5.84 Å². The zero-order chi connectivity index (χ0) is 19.7. The number of hydrogen-bond acceptors (Lipinski definition) is 2. The molecule has 0 aromatic heterocycles. The Bertz CT molecular complexity index is 836. The molecule has 0 radical (unpaired) electrons. The van der Waals surface area contributed by atoms with Gasteiger partial charge in [0, 0.05) is 6.92 Å². The summed E-state index contributed by atoms with van der Waals surface area (Å²) in [4.78, 5) is 15.7. The van der Waals surface area contributed by atoms with Crippen LogP contribution in [-0.2, 0) is 10.2 Å². The summed E-state index contributed by atoms with van der Waals surface area (Å²) in [5.41, 5.74) is 7.44. The zero-order valence-electron chi connectivity index (χ0n) is 16.8. The van der Waals surface area contributed by atoms with Gasteiger partial charge in [0.15, 0.2) is 0 Å². The van der Waals surface area contributed by atoms with Crippen LogP contribution in [0, 0.1) is 5.92 Å². The first-order valence-electron chi connectivity index (χ1n) is 10.3. The Balaban J connectivity index is 1.76. The van der Waals surface area contributed by atoms with E-state index in [9.17, 15) is 4.79 Å². The molecule has 2 aromatic rings. The molecule has 2 aromatic carbocycles. The van der Waals surface area contributed by atoms with Crippen molar-refractivity contribution >= 4 is 11.7 Å². The predicted octanol–water partition coefficient (Wildman–Crippen LogP) is 3.00. The van der Waals surface area contributed by atoms with Gasteiger partial charge in [-0.3, -0.25) is 14.3 Å². The van der Waals surface area contributed by atoms with Crippen molar-refractivity contribution in [1.29, 1.82) is 0 Å². The number of primary amides is 1. The second-order valence-electron chi connectivity index (χ2n) is 8.23. The minimum absolute atomic E-state index is 0.193. The van der Waals surface area contributed by atoms with Crippen LogP contribution >= 0.6 is 0 Å². The van der Waals surface area contributed by atoms with Gasteiger partial charge >= 0.3 is 0 Å². The highest BCUT2D eigenvalue weighted by molar-refractivity contribution is 5.91. The van der Waals surface area contributed by atoms with E-state index in [0.29, 0.717) is 6.04 Å². The molecule has 28 heavy (non-hydrogen) atoms. The van der Waals surface area contributed by atoms with Crippen molar-refractivity contribution in [3.63, 3.8) is 0 Å². The average Bonchev–Trinajstić information content (AvgIpc) is 3.32. The third-order valence-corrected chi connectivity index (χ3v) is 6.95. The van der Waals surface area contributed by atoms with E-state index in [0.717, 1.165) is 43.5 Å². The second kappa shape index (κ2) is 7.42. The summed E-state index contributed by atoms with van der Waals surface area (Å²) in [6.07, 6.45) is 3.09. The molecule has 1 aliphatic heterocycles. The van der Waals surface area contributed by atoms with Gasteiger partial charge in [-0.25, -0.2) is 0 Å². The first kappa shape index (κ1) is 18.7. The third-order valence-electron chi connectivity index (χ3n) is 6.95. The van der Waals surface area contributed by atoms with E-state index in [1.807, 2.05) is 36.4 Å². The zero-order valence-corrected chi connectivity index (χ0v) is 16.8. The van der Waals surface area contributed by atoms with Crippen LogP contribution in [0.3, 0.4) is 0 Å². The number of nitrogens with zero attached hydrogens (tertiary/aromatic N) is 2. The maximum absolute atomic E-state index is 13.1. The highest BCUT2D eigenvalue weighted by Crippen LogP contribution is 2.48. The highest BCUT2D eigenvalue weighted by Gasteiger charge is 2.52. The number of nitrogens with two attached hydrogens (primary N) is 1. The van der Waals surface area contributed by atoms with E-state index < -0.39 is 5.41 Å². The molecular formula is C24H30N3O+. The Morgan fingerprint density at radius 1 is 1.04 bits per heavy atom. The predicted molar refractivity (Wildman–Crippen MR) is 112 cm³/mol. The number of carbonyl (C=O) groups excluding carboxylic acids is 1. The smallest absolute Gasteiger partial charge is 0.243 e. The van der Waals surface area contributed by atoms with E-state index in [4.69, 9.17) is 5.73 Å². The molecule has 4 nitrogen and oxygen atoms in total. The number of amidine groups is 1. The average molecular weight is 377 g/mol. The van der Waals surface area contributed by atoms with Gasteiger partial charge in [-0.15, -0.1) is 0 Å². The van der Waals surface area contributed by atoms with Gasteiger partial charge in [0.1, 0.15) is 18.5 Å². The van der Waals surface area contributed by atoms with Crippen molar-refractivity contribution in [2.45, 2.75) is 37.6 Å². The Hall–Kier alpha value is -2.62. The van der Waals surface area contributed by atoms with Gasteiger partial charge in [0.05, 0.1) is 13.1 Å². The van der Waals surface area contributed by atoms with Crippen molar-refractivity contribution in [1.82, 2.24) is 4.90 Å². The molecule has 1 aliphatic carbocycles. The first-order chi connectivity index (χ1) is 13.5. The van der Waals surface area contributed by atoms with Crippen LogP contribution in [0.5, 0.6) is 0 Å². The fourth-order valence-electron chi connectivity index (χ4n) is 5.41. The summed E-state index contributed by atoms with van der Waals surface area (Å²) in [6, 6.07) is 20.8. The Labute approximate surface area is 167 Å². The summed E-state index contributed by atoms with van der Waals surface area (Å²) in [6.45, 7) is 4.35. The van der Waals surface area contributed by atoms with Crippen LogP contribution in [0.1, 0.15) is 37.3 Å². The number of benzene rings is 2. The Kier molecular flexibility index (Phi) is 4.96. The van der Waals surface area contributed by atoms with Gasteiger partial charge in [0.25, 0.3) is 0 Å². The van der Waals surface area contributed by atoms with E-state index >= 15 is 0 Å². The standard InChI is InChI=1S/C24H29N3O/c1-18-26(2)15-16-27(18)22-14-13-21(17-22)24(23(25)28,19-9-5-3-6-10-19)20-11-7-4-8-12-20/h3-12,21-22H,13-17H2,1-2H3,(H-,25,28)/p+1/t21-,22+/m1/s1. The molecule has 0 spiro atoms. The van der Waals surface area contributed by atoms with Gasteiger partial charge in [0.2, 0.25) is 11.7 Å². The molecule has 0 saturated heterocycles. The summed E-state index contributed by atoms with van der Waals surface area (Å²) in [5, 5.41) is 0. The lowest BCUT2D eigenvalue weighted by atomic mass is 9.64. The molecule has 0 bridgehead atoms.